The lowest BCUT2D eigenvalue weighted by Gasteiger charge is -2.36. The molecule has 5 aromatic rings. The van der Waals surface area contributed by atoms with Crippen molar-refractivity contribution >= 4 is 11.7 Å². The van der Waals surface area contributed by atoms with Crippen LogP contribution in [0.3, 0.4) is 0 Å². The molecule has 0 aliphatic carbocycles. The lowest BCUT2D eigenvalue weighted by molar-refractivity contribution is 0.0746. The normalized spacial score (nSPS) is 13.3. The van der Waals surface area contributed by atoms with E-state index in [1.165, 1.54) is 17.7 Å². The number of anilines is 1. The van der Waals surface area contributed by atoms with Crippen LogP contribution in [0.4, 0.5) is 10.2 Å². The Morgan fingerprint density at radius 3 is 2.05 bits per heavy atom. The number of rotatable bonds is 6. The van der Waals surface area contributed by atoms with E-state index in [1.54, 1.807) is 6.07 Å². The van der Waals surface area contributed by atoms with Gasteiger partial charge in [-0.3, -0.25) is 4.79 Å². The van der Waals surface area contributed by atoms with Crippen molar-refractivity contribution in [2.45, 2.75) is 13.3 Å². The molecule has 1 fully saturated rings. The highest BCUT2D eigenvalue weighted by Gasteiger charge is 2.26. The molecule has 1 aromatic heterocycles. The molecule has 0 saturated carbocycles. The van der Waals surface area contributed by atoms with Crippen LogP contribution in [0, 0.1) is 12.7 Å². The van der Waals surface area contributed by atoms with Gasteiger partial charge in [-0.25, -0.2) is 14.4 Å². The Bertz CT molecular complexity index is 1650. The quantitative estimate of drug-likeness (QED) is 0.237. The van der Waals surface area contributed by atoms with E-state index in [9.17, 15) is 9.18 Å². The molecular weight excluding hydrogens is 511 g/mol. The number of aromatic nitrogens is 2. The van der Waals surface area contributed by atoms with Crippen molar-refractivity contribution in [3.05, 3.63) is 137 Å². The molecule has 1 aliphatic heterocycles. The number of benzene rings is 4. The number of amides is 1. The van der Waals surface area contributed by atoms with Gasteiger partial charge in [-0.1, -0.05) is 84.9 Å². The maximum absolute atomic E-state index is 14.0. The Balaban J connectivity index is 1.23. The van der Waals surface area contributed by atoms with E-state index in [0.717, 1.165) is 28.2 Å². The molecule has 0 spiro atoms. The van der Waals surface area contributed by atoms with Gasteiger partial charge in [-0.2, -0.15) is 0 Å². The zero-order chi connectivity index (χ0) is 28.2. The molecule has 0 unspecified atom stereocenters. The minimum atomic E-state index is -0.317. The Morgan fingerprint density at radius 2 is 1.37 bits per heavy atom. The van der Waals surface area contributed by atoms with Crippen LogP contribution in [-0.4, -0.2) is 47.0 Å². The van der Waals surface area contributed by atoms with E-state index in [-0.39, 0.29) is 11.7 Å². The summed E-state index contributed by atoms with van der Waals surface area (Å²) in [5.41, 5.74) is 6.65. The molecule has 204 valence electrons. The fourth-order valence-corrected chi connectivity index (χ4v) is 5.35. The number of nitrogens with zero attached hydrogens (tertiary/aromatic N) is 4. The van der Waals surface area contributed by atoms with E-state index < -0.39 is 0 Å². The van der Waals surface area contributed by atoms with E-state index in [0.29, 0.717) is 49.6 Å². The molecule has 5 nitrogen and oxygen atoms in total. The van der Waals surface area contributed by atoms with Crippen molar-refractivity contribution in [2.75, 3.05) is 31.1 Å². The Morgan fingerprint density at radius 1 is 0.732 bits per heavy atom. The largest absolute Gasteiger partial charge is 0.353 e. The Labute approximate surface area is 239 Å². The van der Waals surface area contributed by atoms with Gasteiger partial charge in [0.15, 0.2) is 5.82 Å². The first-order valence-corrected chi connectivity index (χ1v) is 13.9. The highest BCUT2D eigenvalue weighted by molar-refractivity contribution is 5.95. The van der Waals surface area contributed by atoms with Gasteiger partial charge in [-0.05, 0) is 47.9 Å². The van der Waals surface area contributed by atoms with Gasteiger partial charge in [0.1, 0.15) is 11.6 Å². The predicted octanol–water partition coefficient (Wildman–Crippen LogP) is 6.81. The molecule has 0 bridgehead atoms. The predicted molar refractivity (Wildman–Crippen MR) is 161 cm³/mol. The third kappa shape index (κ3) is 5.87. The van der Waals surface area contributed by atoms with Crippen LogP contribution in [0.5, 0.6) is 0 Å². The first-order valence-electron chi connectivity index (χ1n) is 13.9. The van der Waals surface area contributed by atoms with Crippen LogP contribution >= 0.6 is 0 Å². The summed E-state index contributed by atoms with van der Waals surface area (Å²) in [7, 11) is 0. The van der Waals surface area contributed by atoms with Gasteiger partial charge in [0.05, 0.1) is 0 Å². The first kappa shape index (κ1) is 26.4. The summed E-state index contributed by atoms with van der Waals surface area (Å²) < 4.78 is 14.0. The van der Waals surface area contributed by atoms with E-state index in [4.69, 9.17) is 9.97 Å². The number of carbonyl (C=O) groups is 1. The fraction of sp³-hybridized carbons (Fsp3) is 0.171. The standard InChI is InChI=1S/C35H31FN4O/c1-25-32(23-26-9-4-2-5-10-26)34(38-33(37-25)30-13-8-14-31(36)24-30)39-19-21-40(22-20-39)35(41)29-17-15-28(16-18-29)27-11-6-3-7-12-27/h2-18,24H,19-23H2,1H3. The van der Waals surface area contributed by atoms with Crippen LogP contribution in [0.1, 0.15) is 27.2 Å². The van der Waals surface area contributed by atoms with Crippen molar-refractivity contribution < 1.29 is 9.18 Å². The smallest absolute Gasteiger partial charge is 0.253 e. The van der Waals surface area contributed by atoms with Crippen molar-refractivity contribution in [3.8, 4) is 22.5 Å². The van der Waals surface area contributed by atoms with Crippen molar-refractivity contribution in [1.82, 2.24) is 14.9 Å². The lowest BCUT2D eigenvalue weighted by Crippen LogP contribution is -2.49. The number of hydrogen-bond acceptors (Lipinski definition) is 4. The molecule has 1 aliphatic rings. The van der Waals surface area contributed by atoms with Crippen LogP contribution in [0.15, 0.2) is 109 Å². The van der Waals surface area contributed by atoms with E-state index in [1.807, 2.05) is 78.6 Å². The average molecular weight is 543 g/mol. The highest BCUT2D eigenvalue weighted by atomic mass is 19.1. The van der Waals surface area contributed by atoms with Crippen molar-refractivity contribution in [2.24, 2.45) is 0 Å². The monoisotopic (exact) mass is 542 g/mol. The average Bonchev–Trinajstić information content (AvgIpc) is 3.03. The fourth-order valence-electron chi connectivity index (χ4n) is 5.35. The third-order valence-corrected chi connectivity index (χ3v) is 7.60. The maximum atomic E-state index is 14.0. The summed E-state index contributed by atoms with van der Waals surface area (Å²) in [6.07, 6.45) is 0.693. The molecule has 1 amide bonds. The lowest BCUT2D eigenvalue weighted by atomic mass is 10.0. The Hall–Kier alpha value is -4.84. The van der Waals surface area contributed by atoms with E-state index >= 15 is 0 Å². The topological polar surface area (TPSA) is 49.3 Å². The molecule has 4 aromatic carbocycles. The molecule has 0 radical (unpaired) electrons. The second kappa shape index (κ2) is 11.7. The molecule has 2 heterocycles. The molecule has 6 rings (SSSR count). The number of halogens is 1. The summed E-state index contributed by atoms with van der Waals surface area (Å²) >= 11 is 0. The molecule has 41 heavy (non-hydrogen) atoms. The number of hydrogen-bond donors (Lipinski definition) is 0. The zero-order valence-electron chi connectivity index (χ0n) is 23.0. The minimum Gasteiger partial charge on any atom is -0.353 e. The molecular formula is C35H31FN4O. The van der Waals surface area contributed by atoms with Crippen molar-refractivity contribution in [3.63, 3.8) is 0 Å². The van der Waals surface area contributed by atoms with Gasteiger partial charge < -0.3 is 9.80 Å². The second-order valence-corrected chi connectivity index (χ2v) is 10.3. The number of aryl methyl sites for hydroxylation is 1. The summed E-state index contributed by atoms with van der Waals surface area (Å²) in [4.78, 5) is 27.3. The Kier molecular flexibility index (Phi) is 7.54. The third-order valence-electron chi connectivity index (χ3n) is 7.60. The summed E-state index contributed by atoms with van der Waals surface area (Å²) in [5, 5.41) is 0. The molecule has 0 atom stereocenters. The van der Waals surface area contributed by atoms with Crippen LogP contribution in [0.25, 0.3) is 22.5 Å². The number of piperazine rings is 1. The van der Waals surface area contributed by atoms with Crippen LogP contribution < -0.4 is 4.90 Å². The van der Waals surface area contributed by atoms with Gasteiger partial charge in [0.25, 0.3) is 5.91 Å². The molecule has 1 saturated heterocycles. The first-order chi connectivity index (χ1) is 20.0. The zero-order valence-corrected chi connectivity index (χ0v) is 23.0. The summed E-state index contributed by atoms with van der Waals surface area (Å²) in [5.74, 6) is 1.07. The molecule has 6 heteroatoms. The second-order valence-electron chi connectivity index (χ2n) is 10.3. The highest BCUT2D eigenvalue weighted by Crippen LogP contribution is 2.29. The van der Waals surface area contributed by atoms with Crippen molar-refractivity contribution in [1.29, 1.82) is 0 Å². The maximum Gasteiger partial charge on any atom is 0.253 e. The van der Waals surface area contributed by atoms with Gasteiger partial charge >= 0.3 is 0 Å². The van der Waals surface area contributed by atoms with Gasteiger partial charge in [0.2, 0.25) is 0 Å². The summed E-state index contributed by atoms with van der Waals surface area (Å²) in [6, 6.07) is 34.7. The van der Waals surface area contributed by atoms with Gasteiger partial charge in [-0.15, -0.1) is 0 Å². The van der Waals surface area contributed by atoms with Crippen LogP contribution in [-0.2, 0) is 6.42 Å². The number of carbonyl (C=O) groups excluding carboxylic acids is 1. The summed E-state index contributed by atoms with van der Waals surface area (Å²) in [6.45, 7) is 4.46. The minimum absolute atomic E-state index is 0.0353. The van der Waals surface area contributed by atoms with E-state index in [2.05, 4.69) is 29.2 Å². The van der Waals surface area contributed by atoms with Gasteiger partial charge in [0, 0.05) is 55.0 Å². The SMILES string of the molecule is Cc1nc(-c2cccc(F)c2)nc(N2CCN(C(=O)c3ccc(-c4ccccc4)cc3)CC2)c1Cc1ccccc1. The molecule has 0 N–H and O–H groups in total. The van der Waals surface area contributed by atoms with Crippen LogP contribution in [0.2, 0.25) is 0 Å².